The van der Waals surface area contributed by atoms with Crippen molar-refractivity contribution < 1.29 is 4.79 Å². The summed E-state index contributed by atoms with van der Waals surface area (Å²) >= 11 is 0. The maximum Gasteiger partial charge on any atom is 0.247 e. The van der Waals surface area contributed by atoms with E-state index in [4.69, 9.17) is 0 Å². The minimum atomic E-state index is 0.0384. The van der Waals surface area contributed by atoms with E-state index in [9.17, 15) is 4.79 Å². The Kier molecular flexibility index (Phi) is 2.80. The summed E-state index contributed by atoms with van der Waals surface area (Å²) in [6.07, 6.45) is 3.32. The lowest BCUT2D eigenvalue weighted by Gasteiger charge is -2.41. The number of hydrogen-bond donors (Lipinski definition) is 1. The first-order chi connectivity index (χ1) is 8.97. The minimum absolute atomic E-state index is 0.0384. The molecule has 1 aromatic carbocycles. The van der Waals surface area contributed by atoms with Crippen molar-refractivity contribution in [2.45, 2.75) is 51.5 Å². The third-order valence-electron chi connectivity index (χ3n) is 4.24. The van der Waals surface area contributed by atoms with Gasteiger partial charge in [-0.3, -0.25) is 4.79 Å². The molecule has 1 amide bonds. The number of amides is 1. The molecule has 2 aliphatic rings. The highest BCUT2D eigenvalue weighted by Crippen LogP contribution is 2.38. The van der Waals surface area contributed by atoms with Gasteiger partial charge in [-0.15, -0.1) is 0 Å². The number of carbonyl (C=O) groups excluding carboxylic acids is 1. The topological polar surface area (TPSA) is 32.3 Å². The Balaban J connectivity index is 2.05. The van der Waals surface area contributed by atoms with Crippen molar-refractivity contribution >= 4 is 17.3 Å². The maximum atomic E-state index is 12.1. The molecule has 3 heteroatoms. The van der Waals surface area contributed by atoms with Crippen LogP contribution in [-0.4, -0.2) is 18.5 Å². The lowest BCUT2D eigenvalue weighted by atomic mass is 9.85. The minimum Gasteiger partial charge on any atom is -0.358 e. The number of nitrogens with zero attached hydrogens (tertiary/aromatic N) is 1. The summed E-state index contributed by atoms with van der Waals surface area (Å²) < 4.78 is 0. The molecule has 19 heavy (non-hydrogen) atoms. The standard InChI is InChI=1S/C16H22N2O/c1-16(2,3)11-7-8-12-14(10-11)18-9-5-4-6-13(18)15(19)17-12/h7-8,10,13H,4-6,9H2,1-3H3,(H,17,19). The van der Waals surface area contributed by atoms with E-state index in [0.717, 1.165) is 25.1 Å². The van der Waals surface area contributed by atoms with Gasteiger partial charge in [0, 0.05) is 6.54 Å². The summed E-state index contributed by atoms with van der Waals surface area (Å²) in [6, 6.07) is 6.48. The first-order valence-corrected chi connectivity index (χ1v) is 7.19. The second kappa shape index (κ2) is 4.26. The molecule has 0 aliphatic carbocycles. The van der Waals surface area contributed by atoms with Gasteiger partial charge in [0.1, 0.15) is 6.04 Å². The SMILES string of the molecule is CC(C)(C)c1ccc2c(c1)N1CCCCC1C(=O)N2. The van der Waals surface area contributed by atoms with Gasteiger partial charge in [-0.05, 0) is 42.4 Å². The van der Waals surface area contributed by atoms with Crippen molar-refractivity contribution in [1.82, 2.24) is 0 Å². The Morgan fingerprint density at radius 2 is 2.05 bits per heavy atom. The average Bonchev–Trinajstić information content (AvgIpc) is 2.37. The predicted molar refractivity (Wildman–Crippen MR) is 78.8 cm³/mol. The van der Waals surface area contributed by atoms with Gasteiger partial charge in [-0.2, -0.15) is 0 Å². The lowest BCUT2D eigenvalue weighted by molar-refractivity contribution is -0.118. The molecule has 2 aliphatic heterocycles. The van der Waals surface area contributed by atoms with Gasteiger partial charge in [-0.25, -0.2) is 0 Å². The number of anilines is 2. The molecule has 0 spiro atoms. The third-order valence-corrected chi connectivity index (χ3v) is 4.24. The summed E-state index contributed by atoms with van der Waals surface area (Å²) in [5.74, 6) is 0.163. The number of fused-ring (bicyclic) bond motifs is 3. The van der Waals surface area contributed by atoms with Crippen molar-refractivity contribution in [2.24, 2.45) is 0 Å². The van der Waals surface area contributed by atoms with Crippen molar-refractivity contribution in [3.63, 3.8) is 0 Å². The van der Waals surface area contributed by atoms with Gasteiger partial charge in [0.2, 0.25) is 5.91 Å². The van der Waals surface area contributed by atoms with Gasteiger partial charge in [0.25, 0.3) is 0 Å². The van der Waals surface area contributed by atoms with Crippen LogP contribution in [0.3, 0.4) is 0 Å². The van der Waals surface area contributed by atoms with Crippen LogP contribution >= 0.6 is 0 Å². The zero-order chi connectivity index (χ0) is 13.6. The van der Waals surface area contributed by atoms with Crippen LogP contribution in [0.15, 0.2) is 18.2 Å². The Labute approximate surface area is 115 Å². The normalized spacial score (nSPS) is 22.6. The van der Waals surface area contributed by atoms with Crippen LogP contribution in [-0.2, 0) is 10.2 Å². The Morgan fingerprint density at radius 3 is 2.79 bits per heavy atom. The molecule has 0 radical (unpaired) electrons. The highest BCUT2D eigenvalue weighted by molar-refractivity contribution is 6.03. The van der Waals surface area contributed by atoms with E-state index < -0.39 is 0 Å². The van der Waals surface area contributed by atoms with E-state index in [0.29, 0.717) is 0 Å². The molecule has 0 saturated carbocycles. The fraction of sp³-hybridized carbons (Fsp3) is 0.562. The Hall–Kier alpha value is -1.51. The first-order valence-electron chi connectivity index (χ1n) is 7.19. The molecule has 1 N–H and O–H groups in total. The molecule has 1 saturated heterocycles. The maximum absolute atomic E-state index is 12.1. The van der Waals surface area contributed by atoms with Gasteiger partial charge in [-0.1, -0.05) is 26.8 Å². The van der Waals surface area contributed by atoms with Crippen molar-refractivity contribution in [1.29, 1.82) is 0 Å². The number of benzene rings is 1. The molecule has 2 heterocycles. The fourth-order valence-electron chi connectivity index (χ4n) is 3.05. The Bertz CT molecular complexity index is 516. The van der Waals surface area contributed by atoms with Crippen molar-refractivity contribution in [3.8, 4) is 0 Å². The molecule has 1 fully saturated rings. The van der Waals surface area contributed by atoms with Crippen LogP contribution < -0.4 is 10.2 Å². The van der Waals surface area contributed by atoms with E-state index in [-0.39, 0.29) is 17.4 Å². The van der Waals surface area contributed by atoms with Crippen LogP contribution in [0.2, 0.25) is 0 Å². The lowest BCUT2D eigenvalue weighted by Crippen LogP contribution is -2.50. The molecule has 0 aromatic heterocycles. The monoisotopic (exact) mass is 258 g/mol. The largest absolute Gasteiger partial charge is 0.358 e. The molecule has 0 bridgehead atoms. The fourth-order valence-corrected chi connectivity index (χ4v) is 3.05. The van der Waals surface area contributed by atoms with Crippen molar-refractivity contribution in [2.75, 3.05) is 16.8 Å². The summed E-state index contributed by atoms with van der Waals surface area (Å²) in [6.45, 7) is 7.68. The molecule has 3 nitrogen and oxygen atoms in total. The molecular weight excluding hydrogens is 236 g/mol. The summed E-state index contributed by atoms with van der Waals surface area (Å²) in [7, 11) is 0. The van der Waals surface area contributed by atoms with E-state index in [1.807, 2.05) is 0 Å². The summed E-state index contributed by atoms with van der Waals surface area (Å²) in [5.41, 5.74) is 3.64. The quantitative estimate of drug-likeness (QED) is 0.774. The third kappa shape index (κ3) is 2.11. The molecule has 102 valence electrons. The van der Waals surface area contributed by atoms with Gasteiger partial charge >= 0.3 is 0 Å². The first kappa shape index (κ1) is 12.5. The van der Waals surface area contributed by atoms with Crippen LogP contribution in [0.1, 0.15) is 45.6 Å². The second-order valence-electron chi connectivity index (χ2n) is 6.68. The summed E-state index contributed by atoms with van der Waals surface area (Å²) in [5, 5.41) is 3.06. The molecular formula is C16H22N2O. The van der Waals surface area contributed by atoms with Gasteiger partial charge < -0.3 is 10.2 Å². The zero-order valence-electron chi connectivity index (χ0n) is 12.0. The van der Waals surface area contributed by atoms with Crippen LogP contribution in [0.5, 0.6) is 0 Å². The second-order valence-corrected chi connectivity index (χ2v) is 6.68. The van der Waals surface area contributed by atoms with E-state index in [2.05, 4.69) is 49.2 Å². The van der Waals surface area contributed by atoms with Gasteiger partial charge in [0.15, 0.2) is 0 Å². The molecule has 1 atom stereocenters. The summed E-state index contributed by atoms with van der Waals surface area (Å²) in [4.78, 5) is 14.4. The zero-order valence-corrected chi connectivity index (χ0v) is 12.0. The van der Waals surface area contributed by atoms with Crippen molar-refractivity contribution in [3.05, 3.63) is 23.8 Å². The van der Waals surface area contributed by atoms with E-state index in [1.165, 1.54) is 17.7 Å². The van der Waals surface area contributed by atoms with Gasteiger partial charge in [0.05, 0.1) is 11.4 Å². The Morgan fingerprint density at radius 1 is 1.26 bits per heavy atom. The smallest absolute Gasteiger partial charge is 0.247 e. The average molecular weight is 258 g/mol. The molecule has 1 aromatic rings. The molecule has 3 rings (SSSR count). The van der Waals surface area contributed by atoms with E-state index in [1.54, 1.807) is 0 Å². The number of nitrogens with one attached hydrogen (secondary N) is 1. The van der Waals surface area contributed by atoms with E-state index >= 15 is 0 Å². The molecule has 1 unspecified atom stereocenters. The number of rotatable bonds is 0. The van der Waals surface area contributed by atoms with Crippen LogP contribution in [0.4, 0.5) is 11.4 Å². The predicted octanol–water partition coefficient (Wildman–Crippen LogP) is 3.30. The van der Waals surface area contributed by atoms with Crippen LogP contribution in [0, 0.1) is 0 Å². The highest BCUT2D eigenvalue weighted by atomic mass is 16.2. The number of carbonyl (C=O) groups is 1. The van der Waals surface area contributed by atoms with Crippen LogP contribution in [0.25, 0.3) is 0 Å². The number of piperidine rings is 1. The number of hydrogen-bond acceptors (Lipinski definition) is 2. The highest BCUT2D eigenvalue weighted by Gasteiger charge is 2.35.